The zero-order chi connectivity index (χ0) is 23.3. The van der Waals surface area contributed by atoms with Gasteiger partial charge < -0.3 is 9.84 Å². The third-order valence-corrected chi connectivity index (χ3v) is 11.2. The van der Waals surface area contributed by atoms with Gasteiger partial charge in [0.1, 0.15) is 6.10 Å². The van der Waals surface area contributed by atoms with Gasteiger partial charge in [-0.25, -0.2) is 0 Å². The second-order valence-corrected chi connectivity index (χ2v) is 13.3. The molecule has 10 atom stereocenters. The Kier molecular flexibility index (Phi) is 7.08. The highest BCUT2D eigenvalue weighted by molar-refractivity contribution is 5.66. The smallest absolute Gasteiger partial charge is 0.302 e. The van der Waals surface area contributed by atoms with Gasteiger partial charge in [-0.1, -0.05) is 53.9 Å². The topological polar surface area (TPSA) is 46.5 Å². The number of fused-ring (bicyclic) bond motifs is 5. The summed E-state index contributed by atoms with van der Waals surface area (Å²) in [4.78, 5) is 11.5. The van der Waals surface area contributed by atoms with Gasteiger partial charge in [-0.05, 0) is 104 Å². The molecule has 3 heteroatoms. The van der Waals surface area contributed by atoms with E-state index in [-0.39, 0.29) is 17.5 Å². The van der Waals surface area contributed by atoms with E-state index in [2.05, 4.69) is 34.6 Å². The summed E-state index contributed by atoms with van der Waals surface area (Å²) in [6.07, 6.45) is 13.2. The lowest BCUT2D eigenvalue weighted by Gasteiger charge is -2.61. The highest BCUT2D eigenvalue weighted by atomic mass is 16.6. The quantitative estimate of drug-likeness (QED) is 0.446. The molecule has 32 heavy (non-hydrogen) atoms. The van der Waals surface area contributed by atoms with Crippen molar-refractivity contribution in [3.05, 3.63) is 0 Å². The number of ether oxygens (including phenoxy) is 1. The summed E-state index contributed by atoms with van der Waals surface area (Å²) in [5.74, 6) is 5.37. The fourth-order valence-corrected chi connectivity index (χ4v) is 9.62. The first-order valence-electron chi connectivity index (χ1n) is 13.9. The van der Waals surface area contributed by atoms with Gasteiger partial charge in [-0.2, -0.15) is 0 Å². The van der Waals surface area contributed by atoms with Crippen molar-refractivity contribution < 1.29 is 14.6 Å². The molecule has 0 amide bonds. The van der Waals surface area contributed by atoms with E-state index in [1.807, 2.05) is 0 Å². The Balaban J connectivity index is 1.46. The SMILES string of the molecule is CC(=O)OC1CC2CC[C@H]3[C@@H]4CC[C@H]([C@H](C)CCCC(C)C)[C@@]4(C)CC[C@@H]3[C@@]2(C)CC1O. The van der Waals surface area contributed by atoms with Crippen molar-refractivity contribution >= 4 is 5.97 Å². The lowest BCUT2D eigenvalue weighted by atomic mass is 9.44. The highest BCUT2D eigenvalue weighted by Crippen LogP contribution is 2.68. The van der Waals surface area contributed by atoms with Crippen molar-refractivity contribution in [1.82, 2.24) is 0 Å². The van der Waals surface area contributed by atoms with E-state index in [4.69, 9.17) is 4.74 Å². The fourth-order valence-electron chi connectivity index (χ4n) is 9.62. The summed E-state index contributed by atoms with van der Waals surface area (Å²) in [6.45, 7) is 13.9. The maximum atomic E-state index is 11.5. The molecule has 4 saturated carbocycles. The predicted octanol–water partition coefficient (Wildman–Crippen LogP) is 7.01. The predicted molar refractivity (Wildman–Crippen MR) is 130 cm³/mol. The van der Waals surface area contributed by atoms with Crippen LogP contribution in [0.1, 0.15) is 112 Å². The molecule has 1 N–H and O–H groups in total. The van der Waals surface area contributed by atoms with Gasteiger partial charge in [0.2, 0.25) is 0 Å². The van der Waals surface area contributed by atoms with Crippen LogP contribution in [0.5, 0.6) is 0 Å². The summed E-state index contributed by atoms with van der Waals surface area (Å²) in [5, 5.41) is 10.9. The molecule has 184 valence electrons. The molecular weight excluding hydrogens is 396 g/mol. The highest BCUT2D eigenvalue weighted by Gasteiger charge is 2.61. The number of aliphatic hydroxyl groups excluding tert-OH is 1. The van der Waals surface area contributed by atoms with Gasteiger partial charge in [-0.3, -0.25) is 4.79 Å². The van der Waals surface area contributed by atoms with Crippen molar-refractivity contribution in [3.63, 3.8) is 0 Å². The number of hydrogen-bond acceptors (Lipinski definition) is 3. The van der Waals surface area contributed by atoms with Crippen LogP contribution < -0.4 is 0 Å². The first kappa shape index (κ1) is 24.6. The van der Waals surface area contributed by atoms with Crippen LogP contribution in [0.15, 0.2) is 0 Å². The number of carbonyl (C=O) groups excluding carboxylic acids is 1. The molecule has 4 fully saturated rings. The number of esters is 1. The van der Waals surface area contributed by atoms with Crippen LogP contribution in [0.2, 0.25) is 0 Å². The Morgan fingerprint density at radius 1 is 1.00 bits per heavy atom. The lowest BCUT2D eigenvalue weighted by molar-refractivity contribution is -0.182. The van der Waals surface area contributed by atoms with Gasteiger partial charge in [0, 0.05) is 6.92 Å². The Hall–Kier alpha value is -0.570. The number of carbonyl (C=O) groups is 1. The largest absolute Gasteiger partial charge is 0.460 e. The van der Waals surface area contributed by atoms with Crippen molar-refractivity contribution in [2.24, 2.45) is 52.3 Å². The van der Waals surface area contributed by atoms with E-state index in [0.717, 1.165) is 48.3 Å². The molecular formula is C29H50O3. The van der Waals surface area contributed by atoms with E-state index in [1.165, 1.54) is 64.7 Å². The Bertz CT molecular complexity index is 673. The lowest BCUT2D eigenvalue weighted by Crippen LogP contribution is -2.57. The molecule has 4 rings (SSSR count). The molecule has 0 aliphatic heterocycles. The monoisotopic (exact) mass is 446 g/mol. The first-order chi connectivity index (χ1) is 15.1. The minimum atomic E-state index is -0.496. The first-order valence-corrected chi connectivity index (χ1v) is 13.9. The van der Waals surface area contributed by atoms with E-state index >= 15 is 0 Å². The summed E-state index contributed by atoms with van der Waals surface area (Å²) in [5.41, 5.74) is 0.733. The van der Waals surface area contributed by atoms with Gasteiger partial charge in [0.25, 0.3) is 0 Å². The fraction of sp³-hybridized carbons (Fsp3) is 0.966. The number of aliphatic hydroxyl groups is 1. The van der Waals surface area contributed by atoms with E-state index < -0.39 is 6.10 Å². The van der Waals surface area contributed by atoms with Crippen molar-refractivity contribution in [2.45, 2.75) is 124 Å². The molecule has 4 aliphatic carbocycles. The average molecular weight is 447 g/mol. The van der Waals surface area contributed by atoms with E-state index in [1.54, 1.807) is 0 Å². The van der Waals surface area contributed by atoms with Crippen molar-refractivity contribution in [2.75, 3.05) is 0 Å². The Labute approximate surface area is 197 Å². The molecule has 3 nitrogen and oxygen atoms in total. The van der Waals surface area contributed by atoms with E-state index in [9.17, 15) is 9.90 Å². The van der Waals surface area contributed by atoms with Gasteiger partial charge >= 0.3 is 5.97 Å². The molecule has 0 saturated heterocycles. The number of rotatable bonds is 6. The zero-order valence-corrected chi connectivity index (χ0v) is 21.7. The normalized spacial score (nSPS) is 46.8. The zero-order valence-electron chi connectivity index (χ0n) is 21.7. The second kappa shape index (κ2) is 9.23. The maximum Gasteiger partial charge on any atom is 0.302 e. The van der Waals surface area contributed by atoms with Crippen LogP contribution in [0.25, 0.3) is 0 Å². The van der Waals surface area contributed by atoms with Gasteiger partial charge in [0.15, 0.2) is 0 Å². The van der Waals surface area contributed by atoms with Crippen LogP contribution in [0.3, 0.4) is 0 Å². The molecule has 3 unspecified atom stereocenters. The minimum absolute atomic E-state index is 0.210. The van der Waals surface area contributed by atoms with Crippen LogP contribution in [0.4, 0.5) is 0 Å². The maximum absolute atomic E-state index is 11.5. The Morgan fingerprint density at radius 2 is 1.72 bits per heavy atom. The van der Waals surface area contributed by atoms with Crippen LogP contribution in [-0.2, 0) is 9.53 Å². The van der Waals surface area contributed by atoms with Gasteiger partial charge in [-0.15, -0.1) is 0 Å². The summed E-state index contributed by atoms with van der Waals surface area (Å²) in [7, 11) is 0. The standard InChI is InChI=1S/C29H50O3/c1-18(2)8-7-9-19(3)23-12-13-24-22-11-10-21-16-27(32-20(4)30)26(31)17-29(21,6)25(22)14-15-28(23,24)5/h18-19,21-27,31H,7-17H2,1-6H3/t19-,21?,22+,23-,24+,25+,26?,27?,28-,29+/m1/s1. The molecule has 4 aliphatic rings. The molecule has 0 bridgehead atoms. The molecule has 0 radical (unpaired) electrons. The van der Waals surface area contributed by atoms with E-state index in [0.29, 0.717) is 11.3 Å². The van der Waals surface area contributed by atoms with Crippen LogP contribution in [0, 0.1) is 52.3 Å². The average Bonchev–Trinajstić information content (AvgIpc) is 3.05. The molecule has 0 heterocycles. The number of hydrogen-bond donors (Lipinski definition) is 1. The Morgan fingerprint density at radius 3 is 2.41 bits per heavy atom. The van der Waals surface area contributed by atoms with Gasteiger partial charge in [0.05, 0.1) is 6.10 Å². The van der Waals surface area contributed by atoms with Crippen LogP contribution in [-0.4, -0.2) is 23.3 Å². The van der Waals surface area contributed by atoms with Crippen LogP contribution >= 0.6 is 0 Å². The minimum Gasteiger partial charge on any atom is -0.460 e. The molecule has 0 aromatic carbocycles. The third-order valence-electron chi connectivity index (χ3n) is 11.2. The second-order valence-electron chi connectivity index (χ2n) is 13.3. The summed E-state index contributed by atoms with van der Waals surface area (Å²) < 4.78 is 5.52. The van der Waals surface area contributed by atoms with Crippen molar-refractivity contribution in [3.8, 4) is 0 Å². The third kappa shape index (κ3) is 4.29. The summed E-state index contributed by atoms with van der Waals surface area (Å²) >= 11 is 0. The van der Waals surface area contributed by atoms with Crippen molar-refractivity contribution in [1.29, 1.82) is 0 Å². The summed E-state index contributed by atoms with van der Waals surface area (Å²) in [6, 6.07) is 0. The molecule has 0 spiro atoms. The molecule has 0 aromatic rings. The molecule has 0 aromatic heterocycles.